The molecule has 0 rings (SSSR count). The fourth-order valence-electron chi connectivity index (χ4n) is 0.0802. The van der Waals surface area contributed by atoms with E-state index < -0.39 is 0 Å². The topological polar surface area (TPSA) is 17.1 Å². The summed E-state index contributed by atoms with van der Waals surface area (Å²) >= 11 is 4.64. The molecule has 0 aromatic carbocycles. The van der Waals surface area contributed by atoms with Gasteiger partial charge in [-0.3, -0.25) is 4.79 Å². The largest absolute Gasteiger partial charge is 0.290 e. The zero-order valence-corrected chi connectivity index (χ0v) is 5.51. The van der Waals surface area contributed by atoms with Gasteiger partial charge < -0.3 is 0 Å². The third kappa shape index (κ3) is 4.50. The molecule has 0 aromatic heterocycles. The van der Waals surface area contributed by atoms with Crippen molar-refractivity contribution in [2.24, 2.45) is 0 Å². The van der Waals surface area contributed by atoms with Crippen LogP contribution in [-0.2, 0) is 4.79 Å². The van der Waals surface area contributed by atoms with E-state index in [4.69, 9.17) is 0 Å². The molecule has 0 spiro atoms. The third-order valence-corrected chi connectivity index (χ3v) is 1.69. The van der Waals surface area contributed by atoms with Crippen molar-refractivity contribution in [1.29, 1.82) is 0 Å². The van der Waals surface area contributed by atoms with Crippen LogP contribution in [0.15, 0.2) is 0 Å². The average Bonchev–Trinajstić information content (AvgIpc) is 1.61. The van der Waals surface area contributed by atoms with E-state index in [1.54, 1.807) is 6.29 Å². The van der Waals surface area contributed by atoms with E-state index in [1.807, 2.05) is 0 Å². The SMILES string of the molecule is O=[C]CSCBr. The van der Waals surface area contributed by atoms with E-state index in [1.165, 1.54) is 11.8 Å². The highest BCUT2D eigenvalue weighted by Gasteiger charge is 1.77. The Morgan fingerprint density at radius 1 is 1.83 bits per heavy atom. The van der Waals surface area contributed by atoms with Crippen LogP contribution in [0, 0.1) is 0 Å². The van der Waals surface area contributed by atoms with E-state index in [0.29, 0.717) is 5.75 Å². The van der Waals surface area contributed by atoms with Crippen LogP contribution in [0.5, 0.6) is 0 Å². The van der Waals surface area contributed by atoms with Crippen molar-refractivity contribution in [3.05, 3.63) is 0 Å². The number of alkyl halides is 1. The second-order valence-corrected chi connectivity index (χ2v) is 2.89. The lowest BCUT2D eigenvalue weighted by Gasteiger charge is -1.77. The Kier molecular flexibility index (Phi) is 5.96. The summed E-state index contributed by atoms with van der Waals surface area (Å²) in [4.78, 5) is 9.40. The molecule has 0 N–H and O–H groups in total. The first-order valence-electron chi connectivity index (χ1n) is 1.40. The van der Waals surface area contributed by atoms with Gasteiger partial charge in [0.25, 0.3) is 0 Å². The van der Waals surface area contributed by atoms with E-state index in [9.17, 15) is 4.79 Å². The number of halogens is 1. The van der Waals surface area contributed by atoms with Gasteiger partial charge >= 0.3 is 0 Å². The molecule has 1 nitrogen and oxygen atoms in total. The van der Waals surface area contributed by atoms with Crippen LogP contribution in [-0.4, -0.2) is 16.7 Å². The number of carbonyl (C=O) groups excluding carboxylic acids is 1. The fourth-order valence-corrected chi connectivity index (χ4v) is 0.726. The zero-order chi connectivity index (χ0) is 4.83. The Morgan fingerprint density at radius 2 is 2.50 bits per heavy atom. The highest BCUT2D eigenvalue weighted by molar-refractivity contribution is 9.11. The molecule has 0 aromatic rings. The lowest BCUT2D eigenvalue weighted by molar-refractivity contribution is 0.560. The Balaban J connectivity index is 2.49. The van der Waals surface area contributed by atoms with Crippen molar-refractivity contribution in [2.45, 2.75) is 0 Å². The first-order valence-corrected chi connectivity index (χ1v) is 3.68. The Labute approximate surface area is 49.6 Å². The maximum atomic E-state index is 9.40. The van der Waals surface area contributed by atoms with Crippen LogP contribution in [0.2, 0.25) is 0 Å². The van der Waals surface area contributed by atoms with Gasteiger partial charge in [0.15, 0.2) is 0 Å². The smallest absolute Gasteiger partial charge is 0.209 e. The molecule has 0 aliphatic rings. The highest BCUT2D eigenvalue weighted by atomic mass is 79.9. The molecule has 0 aliphatic heterocycles. The van der Waals surface area contributed by atoms with Gasteiger partial charge in [-0.25, -0.2) is 0 Å². The molecule has 0 heterocycles. The molecule has 0 saturated heterocycles. The van der Waals surface area contributed by atoms with Crippen molar-refractivity contribution in [3.63, 3.8) is 0 Å². The summed E-state index contributed by atoms with van der Waals surface area (Å²) in [6.45, 7) is 0. The van der Waals surface area contributed by atoms with Gasteiger partial charge in [-0.2, -0.15) is 0 Å². The Bertz CT molecular complexity index is 39.8. The van der Waals surface area contributed by atoms with Crippen LogP contribution in [0.25, 0.3) is 0 Å². The number of hydrogen-bond donors (Lipinski definition) is 0. The molecule has 0 atom stereocenters. The molecule has 0 bridgehead atoms. The summed E-state index contributed by atoms with van der Waals surface area (Å²) in [6, 6.07) is 0. The molecule has 6 heavy (non-hydrogen) atoms. The van der Waals surface area contributed by atoms with Crippen LogP contribution < -0.4 is 0 Å². The normalized spacial score (nSPS) is 8.17. The predicted octanol–water partition coefficient (Wildman–Crippen LogP) is 1.18. The molecule has 0 saturated carbocycles. The molecule has 0 fully saturated rings. The van der Waals surface area contributed by atoms with Gasteiger partial charge in [-0.05, 0) is 0 Å². The standard InChI is InChI=1S/C3H4BrOS/c4-3-6-2-1-5/h2-3H2. The average molecular weight is 168 g/mol. The maximum Gasteiger partial charge on any atom is 0.209 e. The summed E-state index contributed by atoms with van der Waals surface area (Å²) < 4.78 is 0.822. The van der Waals surface area contributed by atoms with Crippen molar-refractivity contribution in [2.75, 3.05) is 10.4 Å². The second-order valence-electron chi connectivity index (χ2n) is 0.602. The molecular formula is C3H4BrOS. The fraction of sp³-hybridized carbons (Fsp3) is 0.667. The van der Waals surface area contributed by atoms with Crippen LogP contribution in [0.1, 0.15) is 0 Å². The van der Waals surface area contributed by atoms with Crippen molar-refractivity contribution >= 4 is 34.0 Å². The van der Waals surface area contributed by atoms with Gasteiger partial charge in [-0.15, -0.1) is 11.8 Å². The molecule has 1 radical (unpaired) electrons. The van der Waals surface area contributed by atoms with Gasteiger partial charge in [-0.1, -0.05) is 15.9 Å². The number of hydrogen-bond acceptors (Lipinski definition) is 2. The zero-order valence-electron chi connectivity index (χ0n) is 3.11. The predicted molar refractivity (Wildman–Crippen MR) is 31.9 cm³/mol. The quantitative estimate of drug-likeness (QED) is 0.465. The van der Waals surface area contributed by atoms with Gasteiger partial charge in [0.2, 0.25) is 6.29 Å². The lowest BCUT2D eigenvalue weighted by atomic mass is 10.9. The second kappa shape index (κ2) is 5.50. The van der Waals surface area contributed by atoms with Gasteiger partial charge in [0, 0.05) is 4.66 Å². The lowest BCUT2D eigenvalue weighted by Crippen LogP contribution is -1.74. The van der Waals surface area contributed by atoms with Crippen LogP contribution in [0.4, 0.5) is 0 Å². The van der Waals surface area contributed by atoms with E-state index in [0.717, 1.165) is 4.66 Å². The minimum Gasteiger partial charge on any atom is -0.290 e. The molecule has 0 aliphatic carbocycles. The first-order chi connectivity index (χ1) is 2.91. The van der Waals surface area contributed by atoms with Crippen LogP contribution >= 0.6 is 27.7 Å². The van der Waals surface area contributed by atoms with E-state index >= 15 is 0 Å². The minimum absolute atomic E-state index is 0.477. The van der Waals surface area contributed by atoms with E-state index in [-0.39, 0.29) is 0 Å². The summed E-state index contributed by atoms with van der Waals surface area (Å²) in [5.41, 5.74) is 0. The molecular weight excluding hydrogens is 164 g/mol. The Morgan fingerprint density at radius 3 is 2.67 bits per heavy atom. The molecule has 0 amide bonds. The summed E-state index contributed by atoms with van der Waals surface area (Å²) in [6.07, 6.45) is 1.75. The number of rotatable bonds is 3. The third-order valence-electron chi connectivity index (χ3n) is 0.238. The van der Waals surface area contributed by atoms with Crippen LogP contribution in [0.3, 0.4) is 0 Å². The molecule has 0 unspecified atom stereocenters. The summed E-state index contributed by atoms with van der Waals surface area (Å²) in [7, 11) is 0. The summed E-state index contributed by atoms with van der Waals surface area (Å²) in [5.74, 6) is 0.477. The van der Waals surface area contributed by atoms with Crippen molar-refractivity contribution in [1.82, 2.24) is 0 Å². The summed E-state index contributed by atoms with van der Waals surface area (Å²) in [5, 5.41) is 0. The first kappa shape index (κ1) is 6.50. The molecule has 3 heteroatoms. The molecule has 35 valence electrons. The monoisotopic (exact) mass is 167 g/mol. The Hall–Kier alpha value is 0.500. The van der Waals surface area contributed by atoms with Crippen molar-refractivity contribution in [3.8, 4) is 0 Å². The minimum atomic E-state index is 0.477. The van der Waals surface area contributed by atoms with Gasteiger partial charge in [0.05, 0.1) is 5.75 Å². The van der Waals surface area contributed by atoms with E-state index in [2.05, 4.69) is 15.9 Å². The number of thioether (sulfide) groups is 1. The highest BCUT2D eigenvalue weighted by Crippen LogP contribution is 1.99. The van der Waals surface area contributed by atoms with Gasteiger partial charge in [0.1, 0.15) is 0 Å². The van der Waals surface area contributed by atoms with Crippen molar-refractivity contribution < 1.29 is 4.79 Å². The maximum absolute atomic E-state index is 9.40.